The zero-order chi connectivity index (χ0) is 19.4. The zero-order valence-electron chi connectivity index (χ0n) is 16.3. The lowest BCUT2D eigenvalue weighted by Crippen LogP contribution is -2.35. The van der Waals surface area contributed by atoms with Gasteiger partial charge in [0, 0.05) is 12.6 Å². The molecule has 0 saturated carbocycles. The molecule has 0 fully saturated rings. The van der Waals surface area contributed by atoms with Gasteiger partial charge in [-0.3, -0.25) is 5.32 Å². The molecule has 1 heterocycles. The van der Waals surface area contributed by atoms with Gasteiger partial charge in [-0.25, -0.2) is 9.78 Å². The van der Waals surface area contributed by atoms with Gasteiger partial charge in [-0.1, -0.05) is 51.9 Å². The topological polar surface area (TPSA) is 92.7 Å². The number of nitrogens with zero attached hydrogens (tertiary/aromatic N) is 1. The molecule has 0 aliphatic heterocycles. The van der Waals surface area contributed by atoms with Crippen molar-refractivity contribution in [2.45, 2.75) is 65.5 Å². The number of aliphatic hydroxyl groups is 1. The lowest BCUT2D eigenvalue weighted by molar-refractivity contribution is 0.104. The molecule has 0 bridgehead atoms. The summed E-state index contributed by atoms with van der Waals surface area (Å²) in [6.07, 6.45) is 4.70. The fourth-order valence-electron chi connectivity index (χ4n) is 2.35. The number of amides is 1. The molecule has 26 heavy (non-hydrogen) atoms. The van der Waals surface area contributed by atoms with Crippen LogP contribution in [0.5, 0.6) is 5.19 Å². The van der Waals surface area contributed by atoms with Crippen molar-refractivity contribution >= 4 is 22.4 Å². The number of nitrogens with one attached hydrogen (secondary N) is 2. The predicted molar refractivity (Wildman–Crippen MR) is 105 cm³/mol. The number of ether oxygens (including phenoxy) is 2. The molecule has 0 saturated heterocycles. The molecular weight excluding hydrogens is 354 g/mol. The third-order valence-corrected chi connectivity index (χ3v) is 4.84. The van der Waals surface area contributed by atoms with Crippen LogP contribution in [0.3, 0.4) is 0 Å². The Morgan fingerprint density at radius 1 is 1.35 bits per heavy atom. The van der Waals surface area contributed by atoms with Gasteiger partial charge in [0.05, 0.1) is 12.8 Å². The van der Waals surface area contributed by atoms with E-state index in [-0.39, 0.29) is 6.61 Å². The van der Waals surface area contributed by atoms with Crippen molar-refractivity contribution in [2.24, 2.45) is 5.92 Å². The van der Waals surface area contributed by atoms with E-state index >= 15 is 0 Å². The van der Waals surface area contributed by atoms with Crippen LogP contribution in [0.4, 0.5) is 9.80 Å². The number of carbonyl (C=O) groups is 1. The van der Waals surface area contributed by atoms with Crippen LogP contribution < -0.4 is 15.4 Å². The summed E-state index contributed by atoms with van der Waals surface area (Å²) in [7, 11) is 0. The maximum Gasteiger partial charge on any atom is 0.412 e. The highest BCUT2D eigenvalue weighted by atomic mass is 32.1. The fraction of sp³-hybridized carbons (Fsp3) is 0.778. The number of aliphatic hydroxyl groups excluding tert-OH is 1. The van der Waals surface area contributed by atoms with Crippen LogP contribution >= 0.6 is 11.3 Å². The first-order chi connectivity index (χ1) is 12.4. The minimum absolute atomic E-state index is 0.146. The van der Waals surface area contributed by atoms with Gasteiger partial charge in [0.1, 0.15) is 17.7 Å². The summed E-state index contributed by atoms with van der Waals surface area (Å²) in [5.41, 5.74) is 0. The number of thiazole rings is 1. The van der Waals surface area contributed by atoms with Crippen molar-refractivity contribution in [3.63, 3.8) is 0 Å². The maximum atomic E-state index is 11.8. The monoisotopic (exact) mass is 387 g/mol. The van der Waals surface area contributed by atoms with Gasteiger partial charge in [0.15, 0.2) is 0 Å². The van der Waals surface area contributed by atoms with E-state index in [0.29, 0.717) is 35.3 Å². The molecule has 1 amide bonds. The maximum absolute atomic E-state index is 11.8. The van der Waals surface area contributed by atoms with E-state index in [1.807, 2.05) is 13.8 Å². The second-order valence-corrected chi connectivity index (χ2v) is 7.60. The number of anilines is 1. The molecule has 1 aromatic rings. The minimum Gasteiger partial charge on any atom is -0.467 e. The van der Waals surface area contributed by atoms with Gasteiger partial charge < -0.3 is 19.9 Å². The second-order valence-electron chi connectivity index (χ2n) is 6.60. The van der Waals surface area contributed by atoms with E-state index in [4.69, 9.17) is 9.47 Å². The Morgan fingerprint density at radius 2 is 2.08 bits per heavy atom. The van der Waals surface area contributed by atoms with Crippen molar-refractivity contribution in [1.82, 2.24) is 10.3 Å². The van der Waals surface area contributed by atoms with Gasteiger partial charge in [-0.05, 0) is 18.8 Å². The Bertz CT molecular complexity index is 506. The Kier molecular flexibility index (Phi) is 11.2. The Balaban J connectivity index is 2.22. The number of hydrogen-bond acceptors (Lipinski definition) is 7. The first-order valence-corrected chi connectivity index (χ1v) is 10.2. The van der Waals surface area contributed by atoms with Crippen molar-refractivity contribution in [1.29, 1.82) is 0 Å². The molecule has 3 N–H and O–H groups in total. The summed E-state index contributed by atoms with van der Waals surface area (Å²) in [6.45, 7) is 9.41. The molecule has 0 radical (unpaired) electrons. The highest BCUT2D eigenvalue weighted by Gasteiger charge is 2.11. The second kappa shape index (κ2) is 12.9. The van der Waals surface area contributed by atoms with Crippen LogP contribution in [0.15, 0.2) is 6.20 Å². The Morgan fingerprint density at radius 3 is 2.73 bits per heavy atom. The molecule has 1 rings (SSSR count). The van der Waals surface area contributed by atoms with Crippen LogP contribution in [0.1, 0.15) is 53.4 Å². The van der Waals surface area contributed by atoms with Crippen molar-refractivity contribution in [3.05, 3.63) is 6.20 Å². The predicted octanol–water partition coefficient (Wildman–Crippen LogP) is 3.65. The molecule has 8 heteroatoms. The van der Waals surface area contributed by atoms with Crippen molar-refractivity contribution in [2.75, 3.05) is 25.1 Å². The molecule has 0 aromatic carbocycles. The third kappa shape index (κ3) is 9.94. The van der Waals surface area contributed by atoms with E-state index in [9.17, 15) is 9.90 Å². The van der Waals surface area contributed by atoms with Crippen LogP contribution in [0.25, 0.3) is 0 Å². The summed E-state index contributed by atoms with van der Waals surface area (Å²) in [6, 6.07) is 0.307. The summed E-state index contributed by atoms with van der Waals surface area (Å²) >= 11 is 1.20. The summed E-state index contributed by atoms with van der Waals surface area (Å²) in [5, 5.41) is 16.5. The summed E-state index contributed by atoms with van der Waals surface area (Å²) in [4.78, 5) is 15.8. The number of carbonyl (C=O) groups excluding carboxylic acids is 1. The zero-order valence-corrected chi connectivity index (χ0v) is 17.1. The molecule has 0 aliphatic rings. The molecule has 1 aromatic heterocycles. The van der Waals surface area contributed by atoms with Gasteiger partial charge in [0.25, 0.3) is 5.19 Å². The van der Waals surface area contributed by atoms with E-state index in [2.05, 4.69) is 29.5 Å². The SMILES string of the molecule is CCC(CC)CCCOC(=O)Nc1cnc(OCC(O)CNC(C)C)s1. The van der Waals surface area contributed by atoms with Crippen LogP contribution in [0.2, 0.25) is 0 Å². The average molecular weight is 388 g/mol. The quantitative estimate of drug-likeness (QED) is 0.448. The molecule has 1 unspecified atom stereocenters. The van der Waals surface area contributed by atoms with Crippen molar-refractivity contribution < 1.29 is 19.4 Å². The molecule has 1 atom stereocenters. The van der Waals surface area contributed by atoms with Gasteiger partial charge in [0.2, 0.25) is 0 Å². The van der Waals surface area contributed by atoms with E-state index in [1.54, 1.807) is 0 Å². The van der Waals surface area contributed by atoms with Crippen LogP contribution in [-0.2, 0) is 4.74 Å². The molecule has 150 valence electrons. The summed E-state index contributed by atoms with van der Waals surface area (Å²) in [5.74, 6) is 0.703. The Hall–Kier alpha value is -1.38. The smallest absolute Gasteiger partial charge is 0.412 e. The number of aromatic nitrogens is 1. The van der Waals surface area contributed by atoms with E-state index < -0.39 is 12.2 Å². The molecular formula is C18H33N3O4S. The minimum atomic E-state index is -0.613. The van der Waals surface area contributed by atoms with Gasteiger partial charge in [-0.15, -0.1) is 0 Å². The lowest BCUT2D eigenvalue weighted by atomic mass is 9.98. The third-order valence-electron chi connectivity index (χ3n) is 4.02. The van der Waals surface area contributed by atoms with E-state index in [1.165, 1.54) is 17.5 Å². The molecule has 0 spiro atoms. The van der Waals surface area contributed by atoms with Crippen LogP contribution in [0, 0.1) is 5.92 Å². The molecule has 0 aliphatic carbocycles. The fourth-order valence-corrected chi connectivity index (χ4v) is 3.01. The normalized spacial score (nSPS) is 12.4. The van der Waals surface area contributed by atoms with Crippen LogP contribution in [-0.4, -0.2) is 48.1 Å². The van der Waals surface area contributed by atoms with Gasteiger partial charge in [-0.2, -0.15) is 0 Å². The molecule has 7 nitrogen and oxygen atoms in total. The Labute approximate surface area is 160 Å². The standard InChI is InChI=1S/C18H33N3O4S/c1-5-14(6-2)8-7-9-24-17(23)21-16-11-20-18(26-16)25-12-15(22)10-19-13(3)4/h11,13-15,19,22H,5-10,12H2,1-4H3,(H,21,23). The summed E-state index contributed by atoms with van der Waals surface area (Å²) < 4.78 is 10.6. The van der Waals surface area contributed by atoms with Gasteiger partial charge >= 0.3 is 6.09 Å². The number of rotatable bonds is 13. The van der Waals surface area contributed by atoms with E-state index in [0.717, 1.165) is 25.7 Å². The van der Waals surface area contributed by atoms with Crippen molar-refractivity contribution in [3.8, 4) is 5.19 Å². The highest BCUT2D eigenvalue weighted by molar-refractivity contribution is 7.17. The lowest BCUT2D eigenvalue weighted by Gasteiger charge is -2.13. The number of hydrogen-bond donors (Lipinski definition) is 3. The average Bonchev–Trinajstić information content (AvgIpc) is 3.05. The highest BCUT2D eigenvalue weighted by Crippen LogP contribution is 2.25. The first kappa shape index (κ1) is 22.7. The first-order valence-electron chi connectivity index (χ1n) is 9.38. The largest absolute Gasteiger partial charge is 0.467 e.